The molecular formula is C24H35N5O6S. The van der Waals surface area contributed by atoms with Crippen molar-refractivity contribution < 1.29 is 27.5 Å². The number of fused-ring (bicyclic) bond motifs is 1. The van der Waals surface area contributed by atoms with Crippen LogP contribution >= 0.6 is 0 Å². The number of amides is 5. The van der Waals surface area contributed by atoms with Gasteiger partial charge in [-0.3, -0.25) is 9.69 Å². The number of benzene rings is 1. The summed E-state index contributed by atoms with van der Waals surface area (Å²) in [5, 5.41) is 5.57. The first-order valence-electron chi connectivity index (χ1n) is 12.6. The Bertz CT molecular complexity index is 1060. The van der Waals surface area contributed by atoms with Crippen molar-refractivity contribution in [1.29, 1.82) is 0 Å². The molecule has 4 rings (SSSR count). The van der Waals surface area contributed by atoms with Gasteiger partial charge in [0.2, 0.25) is 0 Å². The van der Waals surface area contributed by atoms with Crippen molar-refractivity contribution in [3.8, 4) is 0 Å². The Morgan fingerprint density at radius 3 is 2.42 bits per heavy atom. The molecular weight excluding hydrogens is 486 g/mol. The van der Waals surface area contributed by atoms with Crippen LogP contribution < -0.4 is 15.4 Å². The monoisotopic (exact) mass is 521 g/mol. The minimum absolute atomic E-state index is 0.0578. The molecule has 0 atom stereocenters. The zero-order valence-corrected chi connectivity index (χ0v) is 21.4. The highest BCUT2D eigenvalue weighted by Gasteiger charge is 2.33. The van der Waals surface area contributed by atoms with Crippen LogP contribution in [0.25, 0.3) is 0 Å². The Kier molecular flexibility index (Phi) is 8.47. The van der Waals surface area contributed by atoms with Crippen molar-refractivity contribution in [3.05, 3.63) is 35.4 Å². The number of hydrogen-bond donors (Lipinski definition) is 3. The number of methoxy groups -OCH3 is 1. The molecule has 0 bridgehead atoms. The van der Waals surface area contributed by atoms with Gasteiger partial charge < -0.3 is 15.4 Å². The Balaban J connectivity index is 1.14. The second-order valence-electron chi connectivity index (χ2n) is 9.70. The summed E-state index contributed by atoms with van der Waals surface area (Å²) in [6.07, 6.45) is 5.34. The second kappa shape index (κ2) is 11.6. The molecule has 1 aromatic carbocycles. The number of piperidine rings is 1. The van der Waals surface area contributed by atoms with Crippen LogP contribution in [0.1, 0.15) is 60.9 Å². The van der Waals surface area contributed by atoms with Gasteiger partial charge in [-0.05, 0) is 62.5 Å². The number of nitrogens with zero attached hydrogens (tertiary/aromatic N) is 2. The van der Waals surface area contributed by atoms with Gasteiger partial charge in [0.05, 0.1) is 12.6 Å². The van der Waals surface area contributed by atoms with Crippen molar-refractivity contribution in [1.82, 2.24) is 24.6 Å². The standard InChI is InChI=1S/C24H35N5O6S/c1-35-20-8-6-19(7-9-20)26-23(31)27-36(33,34)28-14-11-17(12-15-28)10-13-25-24(32)29-16-18-4-2-3-5-21(18)22(29)30/h2-5,17,19-20H,6-16H2,1H3,(H,25,32)(H2,26,27,31). The van der Waals surface area contributed by atoms with E-state index in [4.69, 9.17) is 4.74 Å². The summed E-state index contributed by atoms with van der Waals surface area (Å²) in [5.74, 6) is -0.0474. The lowest BCUT2D eigenvalue weighted by atomic mass is 9.93. The number of nitrogens with one attached hydrogen (secondary N) is 3. The first-order chi connectivity index (χ1) is 17.3. The predicted molar refractivity (Wildman–Crippen MR) is 132 cm³/mol. The van der Waals surface area contributed by atoms with E-state index in [2.05, 4.69) is 15.4 Å². The van der Waals surface area contributed by atoms with Gasteiger partial charge in [0.1, 0.15) is 0 Å². The molecule has 3 aliphatic rings. The molecule has 3 N–H and O–H groups in total. The number of rotatable bonds is 7. The molecule has 198 valence electrons. The summed E-state index contributed by atoms with van der Waals surface area (Å²) >= 11 is 0. The highest BCUT2D eigenvalue weighted by molar-refractivity contribution is 7.87. The van der Waals surface area contributed by atoms with E-state index in [1.807, 2.05) is 12.1 Å². The molecule has 0 aromatic heterocycles. The van der Waals surface area contributed by atoms with Crippen LogP contribution in [0.15, 0.2) is 24.3 Å². The summed E-state index contributed by atoms with van der Waals surface area (Å²) in [6.45, 7) is 1.29. The fourth-order valence-corrected chi connectivity index (χ4v) is 6.29. The largest absolute Gasteiger partial charge is 0.381 e. The fraction of sp³-hybridized carbons (Fsp3) is 0.625. The molecule has 1 saturated carbocycles. The van der Waals surface area contributed by atoms with Gasteiger partial charge in [0.15, 0.2) is 0 Å². The number of hydrogen-bond acceptors (Lipinski definition) is 6. The molecule has 1 saturated heterocycles. The topological polar surface area (TPSA) is 137 Å². The highest BCUT2D eigenvalue weighted by atomic mass is 32.2. The Labute approximate surface area is 212 Å². The predicted octanol–water partition coefficient (Wildman–Crippen LogP) is 1.96. The van der Waals surface area contributed by atoms with Crippen molar-refractivity contribution in [2.75, 3.05) is 26.7 Å². The third-order valence-corrected chi connectivity index (χ3v) is 8.86. The summed E-state index contributed by atoms with van der Waals surface area (Å²) in [4.78, 5) is 38.4. The van der Waals surface area contributed by atoms with Gasteiger partial charge in [-0.2, -0.15) is 12.7 Å². The van der Waals surface area contributed by atoms with E-state index >= 15 is 0 Å². The van der Waals surface area contributed by atoms with Crippen LogP contribution in [0.3, 0.4) is 0 Å². The van der Waals surface area contributed by atoms with Gasteiger partial charge in [0.25, 0.3) is 5.91 Å². The van der Waals surface area contributed by atoms with Gasteiger partial charge in [-0.1, -0.05) is 18.2 Å². The van der Waals surface area contributed by atoms with Crippen LogP contribution in [0.2, 0.25) is 0 Å². The Hall–Kier alpha value is -2.70. The summed E-state index contributed by atoms with van der Waals surface area (Å²) < 4.78 is 34.1. The van der Waals surface area contributed by atoms with Crippen LogP contribution in [-0.4, -0.2) is 74.5 Å². The van der Waals surface area contributed by atoms with Crippen molar-refractivity contribution in [3.63, 3.8) is 0 Å². The van der Waals surface area contributed by atoms with Crippen LogP contribution in [0.5, 0.6) is 0 Å². The molecule has 2 heterocycles. The van der Waals surface area contributed by atoms with E-state index in [1.165, 1.54) is 9.21 Å². The van der Waals surface area contributed by atoms with Crippen molar-refractivity contribution >= 4 is 28.2 Å². The molecule has 36 heavy (non-hydrogen) atoms. The van der Waals surface area contributed by atoms with Crippen LogP contribution in [-0.2, 0) is 21.5 Å². The van der Waals surface area contributed by atoms with Gasteiger partial charge >= 0.3 is 22.3 Å². The molecule has 0 radical (unpaired) electrons. The first kappa shape index (κ1) is 26.4. The Morgan fingerprint density at radius 1 is 1.06 bits per heavy atom. The van der Waals surface area contributed by atoms with E-state index in [0.29, 0.717) is 44.5 Å². The second-order valence-corrected chi connectivity index (χ2v) is 11.4. The molecule has 0 unspecified atom stereocenters. The van der Waals surface area contributed by atoms with Crippen molar-refractivity contribution in [2.45, 2.75) is 63.6 Å². The normalized spacial score (nSPS) is 23.2. The number of ether oxygens (including phenoxy) is 1. The zero-order chi connectivity index (χ0) is 25.7. The van der Waals surface area contributed by atoms with Crippen LogP contribution in [0.4, 0.5) is 9.59 Å². The minimum atomic E-state index is -3.92. The maximum absolute atomic E-state index is 12.7. The van der Waals surface area contributed by atoms with Crippen LogP contribution in [0, 0.1) is 5.92 Å². The lowest BCUT2D eigenvalue weighted by Crippen LogP contribution is -2.52. The SMILES string of the molecule is COC1CCC(NC(=O)NS(=O)(=O)N2CCC(CCNC(=O)N3Cc4ccccc4C3=O)CC2)CC1. The van der Waals surface area contributed by atoms with Crippen molar-refractivity contribution in [2.24, 2.45) is 5.92 Å². The Morgan fingerprint density at radius 2 is 1.75 bits per heavy atom. The van der Waals surface area contributed by atoms with E-state index in [9.17, 15) is 22.8 Å². The first-order valence-corrected chi connectivity index (χ1v) is 14.0. The summed E-state index contributed by atoms with van der Waals surface area (Å²) in [7, 11) is -2.24. The van der Waals surface area contributed by atoms with E-state index in [1.54, 1.807) is 19.2 Å². The quantitative estimate of drug-likeness (QED) is 0.502. The fourth-order valence-electron chi connectivity index (χ4n) is 5.17. The minimum Gasteiger partial charge on any atom is -0.381 e. The average molecular weight is 522 g/mol. The molecule has 5 amide bonds. The summed E-state index contributed by atoms with van der Waals surface area (Å²) in [6, 6.07) is 6.02. The number of carbonyl (C=O) groups is 3. The number of imide groups is 1. The third kappa shape index (κ3) is 6.34. The third-order valence-electron chi connectivity index (χ3n) is 7.37. The molecule has 12 heteroatoms. The molecule has 2 aliphatic heterocycles. The zero-order valence-electron chi connectivity index (χ0n) is 20.6. The van der Waals surface area contributed by atoms with E-state index < -0.39 is 22.3 Å². The lowest BCUT2D eigenvalue weighted by Gasteiger charge is -2.32. The maximum atomic E-state index is 12.7. The number of urea groups is 2. The van der Waals surface area contributed by atoms with Gasteiger partial charge in [-0.25, -0.2) is 14.3 Å². The molecule has 1 aromatic rings. The highest BCUT2D eigenvalue weighted by Crippen LogP contribution is 2.24. The average Bonchev–Trinajstić information content (AvgIpc) is 3.21. The van der Waals surface area contributed by atoms with Gasteiger partial charge in [0, 0.05) is 38.3 Å². The summed E-state index contributed by atoms with van der Waals surface area (Å²) in [5.41, 5.74) is 1.40. The molecule has 1 aliphatic carbocycles. The van der Waals surface area contributed by atoms with E-state index in [0.717, 1.165) is 31.2 Å². The maximum Gasteiger partial charge on any atom is 0.329 e. The van der Waals surface area contributed by atoms with E-state index in [-0.39, 0.29) is 30.5 Å². The molecule has 2 fully saturated rings. The smallest absolute Gasteiger partial charge is 0.329 e. The lowest BCUT2D eigenvalue weighted by molar-refractivity contribution is 0.0636. The molecule has 0 spiro atoms. The number of carbonyl (C=O) groups excluding carboxylic acids is 3. The van der Waals surface area contributed by atoms with Gasteiger partial charge in [-0.15, -0.1) is 0 Å². The molecule has 11 nitrogen and oxygen atoms in total.